The number of anilines is 1. The molecule has 1 heterocycles. The summed E-state index contributed by atoms with van der Waals surface area (Å²) >= 11 is 5.66. The molecule has 3 nitrogen and oxygen atoms in total. The highest BCUT2D eigenvalue weighted by Gasteiger charge is 2.07. The molecule has 0 amide bonds. The van der Waals surface area contributed by atoms with Crippen LogP contribution in [0.25, 0.3) is 0 Å². The summed E-state index contributed by atoms with van der Waals surface area (Å²) in [6.45, 7) is 0.332. The van der Waals surface area contributed by atoms with E-state index in [1.54, 1.807) is 29.1 Å². The van der Waals surface area contributed by atoms with E-state index < -0.39 is 5.82 Å². The summed E-state index contributed by atoms with van der Waals surface area (Å²) in [7, 11) is 0. The predicted molar refractivity (Wildman–Crippen MR) is 57.2 cm³/mol. The third kappa shape index (κ3) is 1.94. The van der Waals surface area contributed by atoms with Gasteiger partial charge in [0, 0.05) is 18.0 Å². The number of hydrogen-bond acceptors (Lipinski definition) is 2. The highest BCUT2D eigenvalue weighted by atomic mass is 35.5. The van der Waals surface area contributed by atoms with Crippen molar-refractivity contribution in [2.45, 2.75) is 6.54 Å². The SMILES string of the molecule is Nc1nccn1Cc1cccc(Cl)c1F. The van der Waals surface area contributed by atoms with Gasteiger partial charge in [0.2, 0.25) is 0 Å². The number of nitrogens with zero attached hydrogens (tertiary/aromatic N) is 2. The van der Waals surface area contributed by atoms with Gasteiger partial charge in [-0.1, -0.05) is 23.7 Å². The van der Waals surface area contributed by atoms with E-state index in [1.165, 1.54) is 6.07 Å². The number of hydrogen-bond donors (Lipinski definition) is 1. The lowest BCUT2D eigenvalue weighted by Crippen LogP contribution is -2.05. The van der Waals surface area contributed by atoms with E-state index in [9.17, 15) is 4.39 Å². The van der Waals surface area contributed by atoms with Gasteiger partial charge in [-0.05, 0) is 6.07 Å². The molecular formula is C10H9ClFN3. The fourth-order valence-corrected chi connectivity index (χ4v) is 1.52. The van der Waals surface area contributed by atoms with E-state index in [0.29, 0.717) is 18.1 Å². The third-order valence-corrected chi connectivity index (χ3v) is 2.41. The standard InChI is InChI=1S/C10H9ClFN3/c11-8-3-1-2-7(9(8)12)6-15-5-4-14-10(15)13/h1-5H,6H2,(H2,13,14). The monoisotopic (exact) mass is 225 g/mol. The number of nitrogens with two attached hydrogens (primary N) is 1. The Morgan fingerprint density at radius 3 is 2.93 bits per heavy atom. The Hall–Kier alpha value is -1.55. The zero-order chi connectivity index (χ0) is 10.8. The summed E-state index contributed by atoms with van der Waals surface area (Å²) in [4.78, 5) is 3.85. The fourth-order valence-electron chi connectivity index (χ4n) is 1.33. The number of rotatable bonds is 2. The first-order valence-electron chi connectivity index (χ1n) is 4.38. The van der Waals surface area contributed by atoms with Gasteiger partial charge in [-0.2, -0.15) is 0 Å². The molecular weight excluding hydrogens is 217 g/mol. The van der Waals surface area contributed by atoms with Gasteiger partial charge < -0.3 is 10.3 Å². The molecule has 0 spiro atoms. The molecule has 0 saturated heterocycles. The van der Waals surface area contributed by atoms with Crippen LogP contribution in [0, 0.1) is 5.82 Å². The summed E-state index contributed by atoms with van der Waals surface area (Å²) in [5.74, 6) is -0.0540. The lowest BCUT2D eigenvalue weighted by atomic mass is 10.2. The van der Waals surface area contributed by atoms with E-state index in [2.05, 4.69) is 4.98 Å². The number of benzene rings is 1. The Kier molecular flexibility index (Phi) is 2.60. The normalized spacial score (nSPS) is 10.5. The Bertz CT molecular complexity index is 481. The van der Waals surface area contributed by atoms with Gasteiger partial charge in [0.15, 0.2) is 5.95 Å². The molecule has 0 fully saturated rings. The minimum Gasteiger partial charge on any atom is -0.369 e. The first-order chi connectivity index (χ1) is 7.18. The molecule has 0 aliphatic heterocycles. The van der Waals surface area contributed by atoms with Crippen LogP contribution in [-0.4, -0.2) is 9.55 Å². The zero-order valence-electron chi connectivity index (χ0n) is 7.82. The Labute approximate surface area is 91.3 Å². The molecule has 0 bridgehead atoms. The molecule has 1 aromatic carbocycles. The van der Waals surface area contributed by atoms with Crippen molar-refractivity contribution in [1.82, 2.24) is 9.55 Å². The average molecular weight is 226 g/mol. The minimum atomic E-state index is -0.410. The van der Waals surface area contributed by atoms with Crippen LogP contribution in [-0.2, 0) is 6.54 Å². The summed E-state index contributed by atoms with van der Waals surface area (Å²) < 4.78 is 15.2. The summed E-state index contributed by atoms with van der Waals surface area (Å²) in [5.41, 5.74) is 6.07. The van der Waals surface area contributed by atoms with Crippen molar-refractivity contribution in [2.75, 3.05) is 5.73 Å². The molecule has 5 heteroatoms. The molecule has 2 rings (SSSR count). The molecule has 0 radical (unpaired) electrons. The van der Waals surface area contributed by atoms with Crippen molar-refractivity contribution in [3.8, 4) is 0 Å². The molecule has 0 saturated carbocycles. The van der Waals surface area contributed by atoms with E-state index in [0.717, 1.165) is 0 Å². The number of nitrogen functional groups attached to an aromatic ring is 1. The van der Waals surface area contributed by atoms with E-state index in [4.69, 9.17) is 17.3 Å². The summed E-state index contributed by atoms with van der Waals surface area (Å²) in [5, 5.41) is 0.117. The van der Waals surface area contributed by atoms with Gasteiger partial charge >= 0.3 is 0 Å². The third-order valence-electron chi connectivity index (χ3n) is 2.12. The van der Waals surface area contributed by atoms with Crippen molar-refractivity contribution in [3.05, 3.63) is 47.0 Å². The molecule has 15 heavy (non-hydrogen) atoms. The van der Waals surface area contributed by atoms with Crippen LogP contribution in [0.1, 0.15) is 5.56 Å². The maximum atomic E-state index is 13.5. The van der Waals surface area contributed by atoms with Crippen molar-refractivity contribution in [2.24, 2.45) is 0 Å². The van der Waals surface area contributed by atoms with E-state index >= 15 is 0 Å². The van der Waals surface area contributed by atoms with Gasteiger partial charge in [0.1, 0.15) is 5.82 Å². The molecule has 1 aromatic heterocycles. The molecule has 2 aromatic rings. The summed E-state index contributed by atoms with van der Waals surface area (Å²) in [6.07, 6.45) is 3.26. The van der Waals surface area contributed by atoms with Crippen LogP contribution in [0.3, 0.4) is 0 Å². The van der Waals surface area contributed by atoms with Crippen molar-refractivity contribution in [3.63, 3.8) is 0 Å². The largest absolute Gasteiger partial charge is 0.369 e. The summed E-state index contributed by atoms with van der Waals surface area (Å²) in [6, 6.07) is 4.88. The van der Waals surface area contributed by atoms with Crippen LogP contribution >= 0.6 is 11.6 Å². The molecule has 0 aliphatic carbocycles. The Morgan fingerprint density at radius 1 is 1.47 bits per heavy atom. The van der Waals surface area contributed by atoms with Crippen LogP contribution in [0.15, 0.2) is 30.6 Å². The minimum absolute atomic E-state index is 0.117. The van der Waals surface area contributed by atoms with Crippen molar-refractivity contribution >= 4 is 17.5 Å². The van der Waals surface area contributed by atoms with Crippen LogP contribution < -0.4 is 5.73 Å². The zero-order valence-corrected chi connectivity index (χ0v) is 8.58. The van der Waals surface area contributed by atoms with Crippen LogP contribution in [0.5, 0.6) is 0 Å². The molecule has 0 unspecified atom stereocenters. The van der Waals surface area contributed by atoms with Crippen LogP contribution in [0.4, 0.5) is 10.3 Å². The fraction of sp³-hybridized carbons (Fsp3) is 0.100. The molecule has 0 atom stereocenters. The maximum Gasteiger partial charge on any atom is 0.200 e. The first-order valence-corrected chi connectivity index (χ1v) is 4.76. The molecule has 78 valence electrons. The quantitative estimate of drug-likeness (QED) is 0.853. The van der Waals surface area contributed by atoms with E-state index in [1.807, 2.05) is 0 Å². The predicted octanol–water partition coefficient (Wildman–Crippen LogP) is 2.31. The van der Waals surface area contributed by atoms with Gasteiger partial charge in [0.25, 0.3) is 0 Å². The van der Waals surface area contributed by atoms with Gasteiger partial charge in [-0.3, -0.25) is 0 Å². The second-order valence-corrected chi connectivity index (χ2v) is 3.53. The van der Waals surface area contributed by atoms with Crippen molar-refractivity contribution < 1.29 is 4.39 Å². The van der Waals surface area contributed by atoms with Gasteiger partial charge in [0.05, 0.1) is 11.6 Å². The Balaban J connectivity index is 2.33. The first kappa shape index (κ1) is 9.98. The number of imidazole rings is 1. The van der Waals surface area contributed by atoms with E-state index in [-0.39, 0.29) is 5.02 Å². The van der Waals surface area contributed by atoms with Gasteiger partial charge in [-0.25, -0.2) is 9.37 Å². The average Bonchev–Trinajstić information content (AvgIpc) is 2.60. The van der Waals surface area contributed by atoms with Crippen LogP contribution in [0.2, 0.25) is 5.02 Å². The molecule has 0 aliphatic rings. The molecule has 2 N–H and O–H groups in total. The highest BCUT2D eigenvalue weighted by molar-refractivity contribution is 6.30. The highest BCUT2D eigenvalue weighted by Crippen LogP contribution is 2.19. The lowest BCUT2D eigenvalue weighted by Gasteiger charge is -2.06. The second kappa shape index (κ2) is 3.90. The maximum absolute atomic E-state index is 13.5. The second-order valence-electron chi connectivity index (χ2n) is 3.13. The number of halogens is 2. The Morgan fingerprint density at radius 2 is 2.27 bits per heavy atom. The smallest absolute Gasteiger partial charge is 0.200 e. The topological polar surface area (TPSA) is 43.8 Å². The van der Waals surface area contributed by atoms with Gasteiger partial charge in [-0.15, -0.1) is 0 Å². The lowest BCUT2D eigenvalue weighted by molar-refractivity contribution is 0.601. The number of aromatic nitrogens is 2. The van der Waals surface area contributed by atoms with Crippen molar-refractivity contribution in [1.29, 1.82) is 0 Å².